The van der Waals surface area contributed by atoms with Gasteiger partial charge in [-0.3, -0.25) is 5.10 Å². The van der Waals surface area contributed by atoms with E-state index in [2.05, 4.69) is 20.1 Å². The number of allylic oxidation sites excluding steroid dienone is 4. The number of halogens is 3. The summed E-state index contributed by atoms with van der Waals surface area (Å²) in [5, 5.41) is 9.90. The molecule has 1 aromatic heterocycles. The van der Waals surface area contributed by atoms with Gasteiger partial charge in [0, 0.05) is 13.7 Å². The number of H-pyrrole nitrogens is 1. The minimum Gasteiger partial charge on any atom is -0.385 e. The maximum atomic E-state index is 13.7. The van der Waals surface area contributed by atoms with Gasteiger partial charge >= 0.3 is 6.18 Å². The average molecular weight is 471 g/mol. The molecule has 0 saturated carbocycles. The summed E-state index contributed by atoms with van der Waals surface area (Å²) in [6.07, 6.45) is 0.791. The van der Waals surface area contributed by atoms with Gasteiger partial charge in [0.1, 0.15) is 0 Å². The standard InChI is InChI=1S/C21H25F3N4O3S/c1-19(2,18-14-25-28-26-18)27-32(29,30)17-6-4-15(5-7-17)16-8-10-20(11-9-16,12-13-31-3)21(22,23)24/h4-10,14,27H,11-13H2,1-3H3,(H,25,26,28). The molecule has 0 saturated heterocycles. The molecule has 0 radical (unpaired) electrons. The van der Waals surface area contributed by atoms with E-state index >= 15 is 0 Å². The molecule has 0 spiro atoms. The van der Waals surface area contributed by atoms with Crippen LogP contribution in [0.4, 0.5) is 13.2 Å². The normalized spacial score (nSPS) is 19.8. The summed E-state index contributed by atoms with van der Waals surface area (Å²) in [5.74, 6) is 0. The molecule has 1 aromatic carbocycles. The fourth-order valence-electron chi connectivity index (χ4n) is 3.49. The molecule has 1 heterocycles. The second-order valence-corrected chi connectivity index (χ2v) is 9.90. The molecule has 2 aromatic rings. The Hall–Kier alpha value is -2.50. The van der Waals surface area contributed by atoms with Crippen molar-refractivity contribution in [3.05, 3.63) is 59.9 Å². The van der Waals surface area contributed by atoms with E-state index in [9.17, 15) is 21.6 Å². The van der Waals surface area contributed by atoms with Gasteiger partial charge in [0.15, 0.2) is 0 Å². The fraction of sp³-hybridized carbons (Fsp3) is 0.429. The highest BCUT2D eigenvalue weighted by Crippen LogP contribution is 2.48. The maximum absolute atomic E-state index is 13.7. The number of sulfonamides is 1. The monoisotopic (exact) mass is 470 g/mol. The van der Waals surface area contributed by atoms with Crippen molar-refractivity contribution in [2.75, 3.05) is 13.7 Å². The van der Waals surface area contributed by atoms with Gasteiger partial charge in [-0.2, -0.15) is 17.9 Å². The summed E-state index contributed by atoms with van der Waals surface area (Å²) in [6, 6.07) is 5.99. The van der Waals surface area contributed by atoms with E-state index < -0.39 is 27.2 Å². The molecule has 11 heteroatoms. The Labute approximate surface area is 184 Å². The van der Waals surface area contributed by atoms with Gasteiger partial charge in [-0.25, -0.2) is 8.42 Å². The number of aromatic nitrogens is 3. The molecule has 0 aliphatic heterocycles. The van der Waals surface area contributed by atoms with Crippen LogP contribution in [0.15, 0.2) is 53.6 Å². The van der Waals surface area contributed by atoms with Crippen LogP contribution in [0.25, 0.3) is 5.57 Å². The first kappa shape index (κ1) is 24.1. The molecule has 1 atom stereocenters. The number of hydrogen-bond acceptors (Lipinski definition) is 5. The number of ether oxygens (including phenoxy) is 1. The molecule has 32 heavy (non-hydrogen) atoms. The molecule has 3 rings (SSSR count). The second kappa shape index (κ2) is 8.80. The zero-order valence-electron chi connectivity index (χ0n) is 17.9. The average Bonchev–Trinajstić information content (AvgIpc) is 3.27. The molecule has 1 aliphatic rings. The first-order chi connectivity index (χ1) is 14.9. The highest BCUT2D eigenvalue weighted by molar-refractivity contribution is 7.89. The van der Waals surface area contributed by atoms with Crippen molar-refractivity contribution in [1.29, 1.82) is 0 Å². The maximum Gasteiger partial charge on any atom is 0.398 e. The zero-order chi connectivity index (χ0) is 23.6. The van der Waals surface area contributed by atoms with E-state index in [1.54, 1.807) is 26.0 Å². The van der Waals surface area contributed by atoms with E-state index in [-0.39, 0.29) is 24.3 Å². The highest BCUT2D eigenvalue weighted by atomic mass is 32.2. The second-order valence-electron chi connectivity index (χ2n) is 8.22. The van der Waals surface area contributed by atoms with Crippen LogP contribution >= 0.6 is 0 Å². The Morgan fingerprint density at radius 1 is 1.22 bits per heavy atom. The molecule has 0 fully saturated rings. The van der Waals surface area contributed by atoms with Crippen LogP contribution < -0.4 is 4.72 Å². The van der Waals surface area contributed by atoms with Gasteiger partial charge in [0.25, 0.3) is 0 Å². The number of nitrogens with one attached hydrogen (secondary N) is 2. The highest BCUT2D eigenvalue weighted by Gasteiger charge is 2.52. The van der Waals surface area contributed by atoms with Gasteiger partial charge in [-0.1, -0.05) is 35.6 Å². The van der Waals surface area contributed by atoms with Crippen molar-refractivity contribution in [2.45, 2.75) is 43.3 Å². The van der Waals surface area contributed by atoms with Gasteiger partial charge < -0.3 is 4.74 Å². The number of hydrogen-bond donors (Lipinski definition) is 2. The molecular weight excluding hydrogens is 445 g/mol. The zero-order valence-corrected chi connectivity index (χ0v) is 18.7. The topological polar surface area (TPSA) is 97.0 Å². The Morgan fingerprint density at radius 3 is 2.41 bits per heavy atom. The molecule has 1 unspecified atom stereocenters. The summed E-state index contributed by atoms with van der Waals surface area (Å²) >= 11 is 0. The van der Waals surface area contributed by atoms with Crippen LogP contribution in [-0.4, -0.2) is 43.7 Å². The van der Waals surface area contributed by atoms with Crippen molar-refractivity contribution in [3.8, 4) is 0 Å². The van der Waals surface area contributed by atoms with Crippen molar-refractivity contribution in [2.24, 2.45) is 5.41 Å². The van der Waals surface area contributed by atoms with Crippen molar-refractivity contribution in [1.82, 2.24) is 20.1 Å². The minimum atomic E-state index is -4.40. The molecule has 0 amide bonds. The third-order valence-corrected chi connectivity index (χ3v) is 7.23. The van der Waals surface area contributed by atoms with Gasteiger partial charge in [-0.05, 0) is 50.0 Å². The lowest BCUT2D eigenvalue weighted by Gasteiger charge is -2.34. The van der Waals surface area contributed by atoms with E-state index in [0.29, 0.717) is 16.8 Å². The lowest BCUT2D eigenvalue weighted by Crippen LogP contribution is -2.41. The first-order valence-electron chi connectivity index (χ1n) is 9.86. The van der Waals surface area contributed by atoms with Crippen LogP contribution in [0.3, 0.4) is 0 Å². The number of rotatable bonds is 8. The molecule has 2 N–H and O–H groups in total. The lowest BCUT2D eigenvalue weighted by atomic mass is 9.76. The predicted molar refractivity (Wildman–Crippen MR) is 113 cm³/mol. The molecular formula is C21H25F3N4O3S. The summed E-state index contributed by atoms with van der Waals surface area (Å²) in [7, 11) is -2.50. The van der Waals surface area contributed by atoms with Crippen molar-refractivity contribution in [3.63, 3.8) is 0 Å². The summed E-state index contributed by atoms with van der Waals surface area (Å²) in [6.45, 7) is 3.34. The summed E-state index contributed by atoms with van der Waals surface area (Å²) < 4.78 is 74.0. The van der Waals surface area contributed by atoms with Crippen LogP contribution in [0.2, 0.25) is 0 Å². The Morgan fingerprint density at radius 2 is 1.91 bits per heavy atom. The summed E-state index contributed by atoms with van der Waals surface area (Å²) in [4.78, 5) is 0.0342. The Kier molecular flexibility index (Phi) is 6.64. The predicted octanol–water partition coefficient (Wildman–Crippen LogP) is 3.95. The molecule has 174 valence electrons. The SMILES string of the molecule is COCCC1(C(F)(F)F)C=CC(c2ccc(S(=O)(=O)NC(C)(C)c3cnn[nH]3)cc2)=CC1. The van der Waals surface area contributed by atoms with Crippen molar-refractivity contribution >= 4 is 15.6 Å². The van der Waals surface area contributed by atoms with E-state index in [1.807, 2.05) is 0 Å². The third kappa shape index (κ3) is 4.94. The van der Waals surface area contributed by atoms with Gasteiger partial charge in [-0.15, -0.1) is 5.10 Å². The van der Waals surface area contributed by atoms with E-state index in [4.69, 9.17) is 4.74 Å². The first-order valence-corrected chi connectivity index (χ1v) is 11.3. The number of benzene rings is 1. The molecule has 1 aliphatic carbocycles. The van der Waals surface area contributed by atoms with Crippen LogP contribution in [0.1, 0.15) is 37.9 Å². The fourth-order valence-corrected chi connectivity index (χ4v) is 4.88. The number of aromatic amines is 1. The van der Waals surface area contributed by atoms with Crippen LogP contribution in [0.5, 0.6) is 0 Å². The van der Waals surface area contributed by atoms with E-state index in [1.165, 1.54) is 43.7 Å². The van der Waals surface area contributed by atoms with Crippen LogP contribution in [0, 0.1) is 5.41 Å². The number of methoxy groups -OCH3 is 1. The smallest absolute Gasteiger partial charge is 0.385 e. The lowest BCUT2D eigenvalue weighted by molar-refractivity contribution is -0.210. The van der Waals surface area contributed by atoms with E-state index in [0.717, 1.165) is 0 Å². The van der Waals surface area contributed by atoms with Gasteiger partial charge in [0.2, 0.25) is 10.0 Å². The van der Waals surface area contributed by atoms with Gasteiger partial charge in [0.05, 0.1) is 27.7 Å². The summed E-state index contributed by atoms with van der Waals surface area (Å²) in [5.41, 5.74) is -1.22. The molecule has 0 bridgehead atoms. The quantitative estimate of drug-likeness (QED) is 0.609. The van der Waals surface area contributed by atoms with Crippen LogP contribution in [-0.2, 0) is 20.3 Å². The number of nitrogens with zero attached hydrogens (tertiary/aromatic N) is 2. The Bertz CT molecular complexity index is 1090. The largest absolute Gasteiger partial charge is 0.398 e. The Balaban J connectivity index is 1.77. The third-order valence-electron chi connectivity index (χ3n) is 5.56. The number of alkyl halides is 3. The molecule has 7 nitrogen and oxygen atoms in total. The van der Waals surface area contributed by atoms with Crippen molar-refractivity contribution < 1.29 is 26.3 Å². The minimum absolute atomic E-state index is 0.00244.